The van der Waals surface area contributed by atoms with E-state index in [-0.39, 0.29) is 17.6 Å². The van der Waals surface area contributed by atoms with Crippen LogP contribution in [0.15, 0.2) is 18.3 Å². The predicted molar refractivity (Wildman–Crippen MR) is 97.6 cm³/mol. The van der Waals surface area contributed by atoms with Gasteiger partial charge in [0.1, 0.15) is 0 Å². The van der Waals surface area contributed by atoms with E-state index in [0.717, 1.165) is 52.0 Å². The number of halogens is 1. The molecule has 1 aromatic rings. The van der Waals surface area contributed by atoms with E-state index >= 15 is 0 Å². The first kappa shape index (κ1) is 19.2. The molecule has 0 unspecified atom stereocenters. The Hall–Kier alpha value is -1.57. The maximum absolute atomic E-state index is 14.1. The van der Waals surface area contributed by atoms with E-state index < -0.39 is 5.82 Å². The molecule has 1 aromatic heterocycles. The van der Waals surface area contributed by atoms with Crippen LogP contribution in [0.3, 0.4) is 0 Å². The Morgan fingerprint density at radius 1 is 1.31 bits per heavy atom. The summed E-state index contributed by atoms with van der Waals surface area (Å²) in [6, 6.07) is 2.91. The number of ether oxygens (including phenoxy) is 1. The molecule has 7 heteroatoms. The quantitative estimate of drug-likeness (QED) is 0.765. The van der Waals surface area contributed by atoms with Crippen LogP contribution < -0.4 is 0 Å². The number of piperazine rings is 1. The molecule has 0 atom stereocenters. The lowest BCUT2D eigenvalue weighted by atomic mass is 10.1. The molecule has 2 aliphatic heterocycles. The zero-order valence-corrected chi connectivity index (χ0v) is 15.6. The molecular weight excluding hydrogens is 335 g/mol. The third kappa shape index (κ3) is 4.99. The second-order valence-corrected chi connectivity index (χ2v) is 7.17. The summed E-state index contributed by atoms with van der Waals surface area (Å²) in [5.74, 6) is -0.845. The molecule has 0 bridgehead atoms. The summed E-state index contributed by atoms with van der Waals surface area (Å²) in [5, 5.41) is 0. The van der Waals surface area contributed by atoms with E-state index in [2.05, 4.69) is 21.8 Å². The third-order valence-electron chi connectivity index (χ3n) is 5.32. The lowest BCUT2D eigenvalue weighted by molar-refractivity contribution is 0.0270. The SMILES string of the molecule is CN1CCN(CCCN(C(=O)c2ncccc2F)C2CCOCC2)CC1. The molecular formula is C19H29FN4O2. The fraction of sp³-hybridized carbons (Fsp3) is 0.684. The Labute approximate surface area is 154 Å². The Bertz CT molecular complexity index is 587. The average Bonchev–Trinajstić information content (AvgIpc) is 2.67. The van der Waals surface area contributed by atoms with E-state index in [1.807, 2.05) is 4.90 Å². The third-order valence-corrected chi connectivity index (χ3v) is 5.32. The molecule has 6 nitrogen and oxygen atoms in total. The topological polar surface area (TPSA) is 48.9 Å². The zero-order valence-electron chi connectivity index (χ0n) is 15.6. The number of aromatic nitrogens is 1. The largest absolute Gasteiger partial charge is 0.381 e. The van der Waals surface area contributed by atoms with Crippen molar-refractivity contribution in [3.05, 3.63) is 29.8 Å². The van der Waals surface area contributed by atoms with E-state index in [9.17, 15) is 9.18 Å². The fourth-order valence-electron chi connectivity index (χ4n) is 3.66. The highest BCUT2D eigenvalue weighted by Crippen LogP contribution is 2.18. The van der Waals surface area contributed by atoms with Crippen molar-refractivity contribution in [2.75, 3.05) is 59.5 Å². The highest BCUT2D eigenvalue weighted by atomic mass is 19.1. The molecule has 0 aliphatic carbocycles. The van der Waals surface area contributed by atoms with E-state index in [1.165, 1.54) is 18.3 Å². The molecule has 0 spiro atoms. The van der Waals surface area contributed by atoms with Gasteiger partial charge in [-0.2, -0.15) is 0 Å². The van der Waals surface area contributed by atoms with Gasteiger partial charge in [0.15, 0.2) is 11.5 Å². The summed E-state index contributed by atoms with van der Waals surface area (Å²) in [6.45, 7) is 7.20. The van der Waals surface area contributed by atoms with Gasteiger partial charge in [0.2, 0.25) is 0 Å². The number of amides is 1. The normalized spacial score (nSPS) is 20.2. The first-order valence-electron chi connectivity index (χ1n) is 9.55. The molecule has 0 saturated carbocycles. The number of carbonyl (C=O) groups is 1. The van der Waals surface area contributed by atoms with Crippen molar-refractivity contribution in [1.82, 2.24) is 19.7 Å². The number of hydrogen-bond acceptors (Lipinski definition) is 5. The lowest BCUT2D eigenvalue weighted by Crippen LogP contribution is -2.47. The van der Waals surface area contributed by atoms with Crippen LogP contribution in [-0.2, 0) is 4.74 Å². The van der Waals surface area contributed by atoms with E-state index in [1.54, 1.807) is 0 Å². The van der Waals surface area contributed by atoms with Crippen LogP contribution in [0.2, 0.25) is 0 Å². The molecule has 26 heavy (non-hydrogen) atoms. The number of pyridine rings is 1. The molecule has 144 valence electrons. The summed E-state index contributed by atoms with van der Waals surface area (Å²) in [7, 11) is 2.14. The minimum absolute atomic E-state index is 0.0708. The Kier molecular flexibility index (Phi) is 6.93. The van der Waals surface area contributed by atoms with Crippen LogP contribution in [0.1, 0.15) is 29.8 Å². The summed E-state index contributed by atoms with van der Waals surface area (Å²) in [4.78, 5) is 23.5. The molecule has 2 aliphatic rings. The van der Waals surface area contributed by atoms with Crippen LogP contribution in [0, 0.1) is 5.82 Å². The summed E-state index contributed by atoms with van der Waals surface area (Å²) >= 11 is 0. The molecule has 0 aromatic carbocycles. The van der Waals surface area contributed by atoms with Gasteiger partial charge in [-0.25, -0.2) is 9.37 Å². The number of rotatable bonds is 6. The Morgan fingerprint density at radius 3 is 2.73 bits per heavy atom. The van der Waals surface area contributed by atoms with E-state index in [0.29, 0.717) is 19.8 Å². The van der Waals surface area contributed by atoms with Crippen LogP contribution >= 0.6 is 0 Å². The van der Waals surface area contributed by atoms with Crippen molar-refractivity contribution < 1.29 is 13.9 Å². The number of hydrogen-bond donors (Lipinski definition) is 0. The van der Waals surface area contributed by atoms with Gasteiger partial charge in [-0.15, -0.1) is 0 Å². The van der Waals surface area contributed by atoms with Crippen LogP contribution in [0.25, 0.3) is 0 Å². The van der Waals surface area contributed by atoms with Gasteiger partial charge in [-0.1, -0.05) is 0 Å². The van der Waals surface area contributed by atoms with Crippen molar-refractivity contribution in [3.63, 3.8) is 0 Å². The van der Waals surface area contributed by atoms with Gasteiger partial charge in [-0.3, -0.25) is 4.79 Å². The number of carbonyl (C=O) groups excluding carboxylic acids is 1. The Morgan fingerprint density at radius 2 is 2.04 bits per heavy atom. The first-order chi connectivity index (χ1) is 12.6. The minimum atomic E-state index is -0.548. The number of likely N-dealkylation sites (N-methyl/N-ethyl adjacent to an activating group) is 1. The standard InChI is InChI=1S/C19H29FN4O2/c1-22-10-12-23(13-11-22)8-3-9-24(16-5-14-26-15-6-16)19(25)18-17(20)4-2-7-21-18/h2,4,7,16H,3,5-6,8-15H2,1H3. The van der Waals surface area contributed by atoms with Crippen molar-refractivity contribution in [1.29, 1.82) is 0 Å². The van der Waals surface area contributed by atoms with Crippen molar-refractivity contribution in [2.45, 2.75) is 25.3 Å². The highest BCUT2D eigenvalue weighted by Gasteiger charge is 2.29. The minimum Gasteiger partial charge on any atom is -0.381 e. The van der Waals surface area contributed by atoms with Gasteiger partial charge in [0.05, 0.1) is 0 Å². The lowest BCUT2D eigenvalue weighted by Gasteiger charge is -2.36. The van der Waals surface area contributed by atoms with Gasteiger partial charge in [0, 0.05) is 58.2 Å². The first-order valence-corrected chi connectivity index (χ1v) is 9.55. The molecule has 0 N–H and O–H groups in total. The Balaban J connectivity index is 1.61. The highest BCUT2D eigenvalue weighted by molar-refractivity contribution is 5.92. The van der Waals surface area contributed by atoms with Crippen LogP contribution in [-0.4, -0.2) is 91.2 Å². The maximum atomic E-state index is 14.1. The predicted octanol–water partition coefficient (Wildman–Crippen LogP) is 1.48. The number of nitrogens with zero attached hydrogens (tertiary/aromatic N) is 4. The maximum Gasteiger partial charge on any atom is 0.275 e. The van der Waals surface area contributed by atoms with Gasteiger partial charge in [0.25, 0.3) is 5.91 Å². The van der Waals surface area contributed by atoms with Crippen molar-refractivity contribution >= 4 is 5.91 Å². The molecule has 1 amide bonds. The second-order valence-electron chi connectivity index (χ2n) is 7.17. The van der Waals surface area contributed by atoms with Crippen LogP contribution in [0.4, 0.5) is 4.39 Å². The summed E-state index contributed by atoms with van der Waals surface area (Å²) in [5.41, 5.74) is -0.0708. The van der Waals surface area contributed by atoms with Gasteiger partial charge in [-0.05, 0) is 45.0 Å². The molecule has 0 radical (unpaired) electrons. The fourth-order valence-corrected chi connectivity index (χ4v) is 3.66. The zero-order chi connectivity index (χ0) is 18.4. The molecule has 2 saturated heterocycles. The second kappa shape index (κ2) is 9.39. The molecule has 3 rings (SSSR count). The van der Waals surface area contributed by atoms with Crippen molar-refractivity contribution in [2.24, 2.45) is 0 Å². The van der Waals surface area contributed by atoms with Gasteiger partial charge < -0.3 is 19.4 Å². The molecule has 2 fully saturated rings. The summed E-state index contributed by atoms with van der Waals surface area (Å²) < 4.78 is 19.5. The van der Waals surface area contributed by atoms with Crippen molar-refractivity contribution in [3.8, 4) is 0 Å². The van der Waals surface area contributed by atoms with Crippen LogP contribution in [0.5, 0.6) is 0 Å². The molecule has 3 heterocycles. The average molecular weight is 364 g/mol. The van der Waals surface area contributed by atoms with Gasteiger partial charge >= 0.3 is 0 Å². The summed E-state index contributed by atoms with van der Waals surface area (Å²) in [6.07, 6.45) is 3.97. The monoisotopic (exact) mass is 364 g/mol. The smallest absolute Gasteiger partial charge is 0.275 e. The van der Waals surface area contributed by atoms with E-state index in [4.69, 9.17) is 4.74 Å².